The first-order valence-electron chi connectivity index (χ1n) is 8.00. The van der Waals surface area contributed by atoms with Gasteiger partial charge in [-0.2, -0.15) is 0 Å². The van der Waals surface area contributed by atoms with E-state index in [-0.39, 0.29) is 10.8 Å². The van der Waals surface area contributed by atoms with Gasteiger partial charge in [0.05, 0.1) is 11.5 Å². The van der Waals surface area contributed by atoms with E-state index in [4.69, 9.17) is 16.3 Å². The van der Waals surface area contributed by atoms with Crippen LogP contribution < -0.4 is 9.46 Å². The highest BCUT2D eigenvalue weighted by Crippen LogP contribution is 2.34. The number of aryl methyl sites for hydroxylation is 1. The first-order chi connectivity index (χ1) is 11.5. The largest absolute Gasteiger partial charge is 0.493 e. The minimum Gasteiger partial charge on any atom is -0.493 e. The summed E-state index contributed by atoms with van der Waals surface area (Å²) < 4.78 is 33.3. The lowest BCUT2D eigenvalue weighted by Gasteiger charge is -2.26. The van der Waals surface area contributed by atoms with Crippen molar-refractivity contribution in [2.75, 3.05) is 13.2 Å². The predicted molar refractivity (Wildman–Crippen MR) is 95.3 cm³/mol. The second-order valence-corrected chi connectivity index (χ2v) is 8.07. The van der Waals surface area contributed by atoms with Crippen molar-refractivity contribution in [2.24, 2.45) is 0 Å². The molecule has 1 aliphatic heterocycles. The van der Waals surface area contributed by atoms with Gasteiger partial charge in [0.25, 0.3) is 0 Å². The Bertz CT molecular complexity index is 819. The number of benzene rings is 2. The van der Waals surface area contributed by atoms with Crippen molar-refractivity contribution in [1.29, 1.82) is 0 Å². The van der Waals surface area contributed by atoms with Gasteiger partial charge in [0.2, 0.25) is 10.0 Å². The Morgan fingerprint density at radius 1 is 1.21 bits per heavy atom. The van der Waals surface area contributed by atoms with Gasteiger partial charge in [0, 0.05) is 17.5 Å². The number of hydrogen-bond acceptors (Lipinski definition) is 3. The molecule has 0 aliphatic carbocycles. The van der Waals surface area contributed by atoms with Gasteiger partial charge in [-0.1, -0.05) is 30.7 Å². The van der Waals surface area contributed by atoms with Crippen LogP contribution in [0.25, 0.3) is 0 Å². The molecule has 1 N–H and O–H groups in total. The third-order valence-corrected chi connectivity index (χ3v) is 5.99. The van der Waals surface area contributed by atoms with Crippen molar-refractivity contribution in [1.82, 2.24) is 4.72 Å². The summed E-state index contributed by atoms with van der Waals surface area (Å²) in [7, 11) is -3.54. The van der Waals surface area contributed by atoms with Crippen LogP contribution in [0.4, 0.5) is 0 Å². The molecule has 2 aromatic carbocycles. The molecule has 0 fully saturated rings. The molecule has 0 amide bonds. The van der Waals surface area contributed by atoms with Crippen molar-refractivity contribution in [3.05, 3.63) is 58.6 Å². The predicted octanol–water partition coefficient (Wildman–Crippen LogP) is 3.75. The first-order valence-corrected chi connectivity index (χ1v) is 9.86. The fourth-order valence-corrected chi connectivity index (χ4v) is 4.05. The first kappa shape index (κ1) is 17.3. The lowest BCUT2D eigenvalue weighted by atomic mass is 9.92. The third kappa shape index (κ3) is 3.74. The maximum Gasteiger partial charge on any atom is 0.240 e. The molecule has 2 aromatic rings. The van der Waals surface area contributed by atoms with Crippen molar-refractivity contribution in [3.8, 4) is 5.75 Å². The van der Waals surface area contributed by atoms with Gasteiger partial charge >= 0.3 is 0 Å². The van der Waals surface area contributed by atoms with Crippen LogP contribution in [0.5, 0.6) is 5.75 Å². The fourth-order valence-electron chi connectivity index (χ4n) is 2.85. The summed E-state index contributed by atoms with van der Waals surface area (Å²) in [5, 5.41) is 0.513. The Labute approximate surface area is 147 Å². The molecule has 0 saturated carbocycles. The van der Waals surface area contributed by atoms with Crippen LogP contribution in [-0.2, 0) is 16.4 Å². The SMILES string of the molecule is CCc1ccc2c(c1)OCCC2CNS(=O)(=O)c1ccc(Cl)cc1. The Kier molecular flexibility index (Phi) is 5.13. The molecule has 3 rings (SSSR count). The fraction of sp³-hybridized carbons (Fsp3) is 0.333. The summed E-state index contributed by atoms with van der Waals surface area (Å²) in [6, 6.07) is 12.3. The second-order valence-electron chi connectivity index (χ2n) is 5.87. The van der Waals surface area contributed by atoms with E-state index in [1.165, 1.54) is 17.7 Å². The van der Waals surface area contributed by atoms with E-state index < -0.39 is 10.0 Å². The summed E-state index contributed by atoms with van der Waals surface area (Å²) in [5.41, 5.74) is 2.29. The molecule has 6 heteroatoms. The van der Waals surface area contributed by atoms with Crippen LogP contribution in [0.1, 0.15) is 30.4 Å². The van der Waals surface area contributed by atoms with Gasteiger partial charge in [-0.3, -0.25) is 0 Å². The van der Waals surface area contributed by atoms with Crippen LogP contribution in [0.2, 0.25) is 5.02 Å². The molecule has 0 spiro atoms. The molecule has 1 heterocycles. The van der Waals surface area contributed by atoms with Gasteiger partial charge in [-0.05, 0) is 54.3 Å². The lowest BCUT2D eigenvalue weighted by Crippen LogP contribution is -2.30. The maximum absolute atomic E-state index is 12.4. The average Bonchev–Trinajstić information content (AvgIpc) is 2.59. The molecule has 4 nitrogen and oxygen atoms in total. The van der Waals surface area contributed by atoms with E-state index >= 15 is 0 Å². The highest BCUT2D eigenvalue weighted by molar-refractivity contribution is 7.89. The van der Waals surface area contributed by atoms with Crippen LogP contribution in [0.15, 0.2) is 47.4 Å². The van der Waals surface area contributed by atoms with Gasteiger partial charge in [-0.25, -0.2) is 13.1 Å². The third-order valence-electron chi connectivity index (χ3n) is 4.29. The number of sulfonamides is 1. The highest BCUT2D eigenvalue weighted by atomic mass is 35.5. The molecule has 0 saturated heterocycles. The second kappa shape index (κ2) is 7.13. The van der Waals surface area contributed by atoms with Gasteiger partial charge in [-0.15, -0.1) is 0 Å². The number of ether oxygens (including phenoxy) is 1. The van der Waals surface area contributed by atoms with E-state index in [0.29, 0.717) is 18.2 Å². The van der Waals surface area contributed by atoms with Crippen molar-refractivity contribution >= 4 is 21.6 Å². The monoisotopic (exact) mass is 365 g/mol. The summed E-state index contributed by atoms with van der Waals surface area (Å²) in [4.78, 5) is 0.223. The summed E-state index contributed by atoms with van der Waals surface area (Å²) in [6.45, 7) is 3.06. The minimum atomic E-state index is -3.54. The van der Waals surface area contributed by atoms with E-state index in [1.807, 2.05) is 0 Å². The highest BCUT2D eigenvalue weighted by Gasteiger charge is 2.24. The van der Waals surface area contributed by atoms with Gasteiger partial charge in [0.15, 0.2) is 0 Å². The number of nitrogens with one attached hydrogen (secondary N) is 1. The molecule has 1 unspecified atom stereocenters. The van der Waals surface area contributed by atoms with E-state index in [2.05, 4.69) is 29.8 Å². The molecule has 128 valence electrons. The molecular formula is C18H20ClNO3S. The van der Waals surface area contributed by atoms with Crippen molar-refractivity contribution in [2.45, 2.75) is 30.6 Å². The zero-order valence-corrected chi connectivity index (χ0v) is 15.0. The lowest BCUT2D eigenvalue weighted by molar-refractivity contribution is 0.267. The normalized spacial score (nSPS) is 17.2. The Balaban J connectivity index is 1.75. The topological polar surface area (TPSA) is 55.4 Å². The molecular weight excluding hydrogens is 346 g/mol. The summed E-state index contributed by atoms with van der Waals surface area (Å²) in [5.74, 6) is 0.984. The van der Waals surface area contributed by atoms with E-state index in [9.17, 15) is 8.42 Å². The smallest absolute Gasteiger partial charge is 0.240 e. The van der Waals surface area contributed by atoms with Crippen molar-refractivity contribution in [3.63, 3.8) is 0 Å². The zero-order chi connectivity index (χ0) is 17.2. The Hall–Kier alpha value is -1.56. The molecule has 0 aromatic heterocycles. The quantitative estimate of drug-likeness (QED) is 0.878. The molecule has 0 radical (unpaired) electrons. The van der Waals surface area contributed by atoms with Crippen LogP contribution in [0.3, 0.4) is 0 Å². The maximum atomic E-state index is 12.4. The molecule has 1 atom stereocenters. The standard InChI is InChI=1S/C18H20ClNO3S/c1-2-13-3-8-17-14(9-10-23-18(17)11-13)12-20-24(21,22)16-6-4-15(19)5-7-16/h3-8,11,14,20H,2,9-10,12H2,1H3. The number of halogens is 1. The molecule has 24 heavy (non-hydrogen) atoms. The van der Waals surface area contributed by atoms with Crippen LogP contribution in [0, 0.1) is 0 Å². The number of rotatable bonds is 5. The van der Waals surface area contributed by atoms with Crippen LogP contribution >= 0.6 is 11.6 Å². The number of hydrogen-bond donors (Lipinski definition) is 1. The summed E-state index contributed by atoms with van der Waals surface area (Å²) in [6.07, 6.45) is 1.74. The zero-order valence-electron chi connectivity index (χ0n) is 13.5. The molecule has 0 bridgehead atoms. The molecule has 1 aliphatic rings. The van der Waals surface area contributed by atoms with Gasteiger partial charge < -0.3 is 4.74 Å². The Morgan fingerprint density at radius 3 is 2.67 bits per heavy atom. The van der Waals surface area contributed by atoms with Gasteiger partial charge in [0.1, 0.15) is 5.75 Å². The van der Waals surface area contributed by atoms with E-state index in [1.54, 1.807) is 12.1 Å². The van der Waals surface area contributed by atoms with Crippen LogP contribution in [-0.4, -0.2) is 21.6 Å². The number of fused-ring (bicyclic) bond motifs is 1. The average molecular weight is 366 g/mol. The van der Waals surface area contributed by atoms with E-state index in [0.717, 1.165) is 24.2 Å². The Morgan fingerprint density at radius 2 is 1.96 bits per heavy atom. The van der Waals surface area contributed by atoms with Crippen molar-refractivity contribution < 1.29 is 13.2 Å². The minimum absolute atomic E-state index is 0.113. The summed E-state index contributed by atoms with van der Waals surface area (Å²) >= 11 is 5.81.